The van der Waals surface area contributed by atoms with Gasteiger partial charge in [0.15, 0.2) is 0 Å². The molecule has 0 amide bonds. The highest BCUT2D eigenvalue weighted by Crippen LogP contribution is 2.45. The molecule has 0 saturated heterocycles. The molecule has 4 heteroatoms. The number of rotatable bonds is 6. The van der Waals surface area contributed by atoms with Crippen LogP contribution in [0, 0.1) is 11.2 Å². The van der Waals surface area contributed by atoms with Crippen LogP contribution in [0.25, 0.3) is 0 Å². The van der Waals surface area contributed by atoms with E-state index in [2.05, 4.69) is 117 Å². The van der Waals surface area contributed by atoms with Gasteiger partial charge in [-0.3, -0.25) is 0 Å². The van der Waals surface area contributed by atoms with E-state index in [1.807, 2.05) is 6.07 Å². The smallest absolute Gasteiger partial charge is 0.0808 e. The maximum Gasteiger partial charge on any atom is 0.0837 e. The zero-order chi connectivity index (χ0) is 21.2. The van der Waals surface area contributed by atoms with Crippen LogP contribution < -0.4 is 0 Å². The van der Waals surface area contributed by atoms with Gasteiger partial charge in [-0.05, 0) is 47.6 Å². The zero-order valence-electron chi connectivity index (χ0n) is 17.3. The fourth-order valence-electron chi connectivity index (χ4n) is 2.25. The van der Waals surface area contributed by atoms with Crippen LogP contribution in [0.2, 0.25) is 0 Å². The van der Waals surface area contributed by atoms with Gasteiger partial charge >= 0.3 is 0 Å². The summed E-state index contributed by atoms with van der Waals surface area (Å²) in [5, 5.41) is 3.36. The van der Waals surface area contributed by atoms with Crippen molar-refractivity contribution in [2.24, 2.45) is 0 Å². The van der Waals surface area contributed by atoms with Crippen LogP contribution >= 0.6 is 47.0 Å². The first-order valence-corrected chi connectivity index (χ1v) is 12.9. The second-order valence-electron chi connectivity index (χ2n) is 7.30. The van der Waals surface area contributed by atoms with Crippen molar-refractivity contribution in [3.8, 4) is 11.2 Å². The minimum Gasteiger partial charge on any atom is -0.0808 e. The summed E-state index contributed by atoms with van der Waals surface area (Å²) in [6.07, 6.45) is 0. The Morgan fingerprint density at radius 2 is 1.00 bits per heavy atom. The van der Waals surface area contributed by atoms with E-state index in [0.29, 0.717) is 0 Å². The molecule has 0 aliphatic heterocycles. The molecule has 0 radical (unpaired) electrons. The lowest BCUT2D eigenvalue weighted by molar-refractivity contribution is 0.808. The number of hydrogen-bond acceptors (Lipinski definition) is 4. The average Bonchev–Trinajstić information content (AvgIpc) is 2.74. The third-order valence-corrected chi connectivity index (χ3v) is 7.97. The summed E-state index contributed by atoms with van der Waals surface area (Å²) >= 11 is 6.97. The molecule has 0 fully saturated rings. The second kappa shape index (κ2) is 11.7. The van der Waals surface area contributed by atoms with Gasteiger partial charge in [0.25, 0.3) is 0 Å². The summed E-state index contributed by atoms with van der Waals surface area (Å²) in [7, 11) is 0. The summed E-state index contributed by atoms with van der Waals surface area (Å²) in [5.74, 6) is 3.48. The van der Waals surface area contributed by atoms with Crippen molar-refractivity contribution >= 4 is 47.0 Å². The van der Waals surface area contributed by atoms with Crippen LogP contribution in [-0.2, 0) is 0 Å². The lowest BCUT2D eigenvalue weighted by Gasteiger charge is -2.13. The molecule has 30 heavy (non-hydrogen) atoms. The van der Waals surface area contributed by atoms with E-state index in [1.54, 1.807) is 47.0 Å². The normalized spacial score (nSPS) is 10.8. The number of hydrogen-bond donors (Lipinski definition) is 0. The topological polar surface area (TPSA) is 0 Å². The molecule has 0 unspecified atom stereocenters. The van der Waals surface area contributed by atoms with Gasteiger partial charge in [0.1, 0.15) is 0 Å². The van der Waals surface area contributed by atoms with Crippen LogP contribution in [0.3, 0.4) is 0 Å². The first kappa shape index (κ1) is 23.0. The Bertz CT molecular complexity index is 965. The van der Waals surface area contributed by atoms with Gasteiger partial charge in [0.05, 0.1) is 9.14 Å². The van der Waals surface area contributed by atoms with Crippen molar-refractivity contribution in [3.63, 3.8) is 0 Å². The standard InChI is InChI=1S/C26H24S4/c1-26(2,3)27-20-19-24(28-21-13-7-4-8-14-21)25(29-22-15-9-5-10-16-22)30-23-17-11-6-12-18-23/h4-18H,1-3H3. The van der Waals surface area contributed by atoms with Gasteiger partial charge in [0, 0.05) is 19.4 Å². The Balaban J connectivity index is 2.02. The van der Waals surface area contributed by atoms with E-state index in [9.17, 15) is 0 Å². The SMILES string of the molecule is CC(C)(C)SC#CC(Sc1ccccc1)=C(Sc1ccccc1)Sc1ccccc1. The maximum atomic E-state index is 3.48. The molecule has 0 aliphatic carbocycles. The number of thioether (sulfide) groups is 4. The Morgan fingerprint density at radius 3 is 1.40 bits per heavy atom. The third-order valence-electron chi connectivity index (χ3n) is 3.58. The van der Waals surface area contributed by atoms with Crippen LogP contribution in [0.4, 0.5) is 0 Å². The molecule has 152 valence electrons. The third kappa shape index (κ3) is 8.24. The highest BCUT2D eigenvalue weighted by Gasteiger charge is 2.13. The van der Waals surface area contributed by atoms with Crippen molar-refractivity contribution in [1.82, 2.24) is 0 Å². The van der Waals surface area contributed by atoms with Gasteiger partial charge in [-0.15, -0.1) is 0 Å². The van der Waals surface area contributed by atoms with Crippen LogP contribution in [0.5, 0.6) is 0 Å². The predicted octanol–water partition coefficient (Wildman–Crippen LogP) is 9.03. The summed E-state index contributed by atoms with van der Waals surface area (Å²) in [6.45, 7) is 6.58. The van der Waals surface area contributed by atoms with Crippen molar-refractivity contribution in [1.29, 1.82) is 0 Å². The molecular weight excluding hydrogens is 441 g/mol. The Hall–Kier alpha value is -1.64. The maximum absolute atomic E-state index is 3.48. The van der Waals surface area contributed by atoms with Crippen LogP contribution in [0.15, 0.2) is 115 Å². The van der Waals surface area contributed by atoms with Gasteiger partial charge in [0.2, 0.25) is 0 Å². The van der Waals surface area contributed by atoms with Crippen LogP contribution in [0.1, 0.15) is 20.8 Å². The van der Waals surface area contributed by atoms with Gasteiger partial charge in [-0.2, -0.15) is 0 Å². The minimum absolute atomic E-state index is 0.106. The largest absolute Gasteiger partial charge is 0.0837 e. The molecule has 0 N–H and O–H groups in total. The van der Waals surface area contributed by atoms with E-state index in [-0.39, 0.29) is 4.75 Å². The highest BCUT2D eigenvalue weighted by molar-refractivity contribution is 8.23. The average molecular weight is 465 g/mol. The fourth-order valence-corrected chi connectivity index (χ4v) is 6.04. The van der Waals surface area contributed by atoms with E-state index < -0.39 is 0 Å². The molecule has 0 saturated carbocycles. The molecule has 0 aromatic heterocycles. The molecular formula is C26H24S4. The van der Waals surface area contributed by atoms with E-state index in [4.69, 9.17) is 0 Å². The summed E-state index contributed by atoms with van der Waals surface area (Å²) < 4.78 is 1.30. The zero-order valence-corrected chi connectivity index (χ0v) is 20.6. The molecule has 0 spiro atoms. The van der Waals surface area contributed by atoms with Gasteiger partial charge < -0.3 is 0 Å². The highest BCUT2D eigenvalue weighted by atomic mass is 32.2. The van der Waals surface area contributed by atoms with Crippen molar-refractivity contribution in [2.75, 3.05) is 0 Å². The minimum atomic E-state index is 0.106. The molecule has 3 aromatic rings. The molecule has 0 nitrogen and oxygen atoms in total. The first-order valence-electron chi connectivity index (χ1n) is 9.62. The van der Waals surface area contributed by atoms with E-state index >= 15 is 0 Å². The Labute approximate surface area is 197 Å². The molecule has 0 heterocycles. The molecule has 0 atom stereocenters. The first-order chi connectivity index (χ1) is 14.5. The summed E-state index contributed by atoms with van der Waals surface area (Å²) in [5.41, 5.74) is 0. The molecule has 3 rings (SSSR count). The predicted molar refractivity (Wildman–Crippen MR) is 139 cm³/mol. The molecule has 0 aliphatic rings. The fraction of sp³-hybridized carbons (Fsp3) is 0.154. The summed E-state index contributed by atoms with van der Waals surface area (Å²) in [6, 6.07) is 31.5. The van der Waals surface area contributed by atoms with Gasteiger partial charge in [-0.1, -0.05) is 122 Å². The quantitative estimate of drug-likeness (QED) is 0.263. The molecule has 0 bridgehead atoms. The second-order valence-corrected chi connectivity index (χ2v) is 12.4. The monoisotopic (exact) mass is 464 g/mol. The number of allylic oxidation sites excluding steroid dienone is 1. The number of benzene rings is 3. The lowest BCUT2D eigenvalue weighted by Crippen LogP contribution is -2.04. The summed E-state index contributed by atoms with van der Waals surface area (Å²) in [4.78, 5) is 4.71. The van der Waals surface area contributed by atoms with Crippen molar-refractivity contribution < 1.29 is 0 Å². The molecule has 3 aromatic carbocycles. The Morgan fingerprint density at radius 1 is 0.600 bits per heavy atom. The van der Waals surface area contributed by atoms with E-state index in [0.717, 1.165) is 4.91 Å². The Kier molecular flexibility index (Phi) is 8.96. The van der Waals surface area contributed by atoms with Crippen LogP contribution in [-0.4, -0.2) is 4.75 Å². The van der Waals surface area contributed by atoms with Crippen molar-refractivity contribution in [2.45, 2.75) is 40.2 Å². The lowest BCUT2D eigenvalue weighted by atomic mass is 10.3. The van der Waals surface area contributed by atoms with Gasteiger partial charge in [-0.25, -0.2) is 0 Å². The van der Waals surface area contributed by atoms with Crippen molar-refractivity contribution in [3.05, 3.63) is 100 Å². The van der Waals surface area contributed by atoms with E-state index in [1.165, 1.54) is 18.9 Å².